The molecule has 6 unspecified atom stereocenters. The predicted octanol–water partition coefficient (Wildman–Crippen LogP) is 10.8. The van der Waals surface area contributed by atoms with Crippen LogP contribution < -0.4 is 0 Å². The summed E-state index contributed by atoms with van der Waals surface area (Å²) in [5.41, 5.74) is 0. The molecule has 1 fully saturated rings. The van der Waals surface area contributed by atoms with E-state index in [2.05, 4.69) is 98.9 Å². The van der Waals surface area contributed by atoms with Crippen molar-refractivity contribution in [2.45, 2.75) is 192 Å². The Kier molecular flexibility index (Phi) is 38.1. The summed E-state index contributed by atoms with van der Waals surface area (Å²) in [6, 6.07) is 0. The highest BCUT2D eigenvalue weighted by molar-refractivity contribution is 5.69. The first-order valence-electron chi connectivity index (χ1n) is 23.3. The lowest BCUT2D eigenvalue weighted by atomic mass is 9.99. The van der Waals surface area contributed by atoms with Crippen molar-refractivity contribution in [3.05, 3.63) is 97.2 Å². The third-order valence-corrected chi connectivity index (χ3v) is 10.0. The monoisotopic (exact) mass is 841 g/mol. The maximum absolute atomic E-state index is 12.7. The van der Waals surface area contributed by atoms with E-state index in [1.807, 2.05) is 12.2 Å². The lowest BCUT2D eigenvalue weighted by Crippen LogP contribution is -2.59. The molecule has 1 aliphatic heterocycles. The van der Waals surface area contributed by atoms with Crippen LogP contribution in [0.15, 0.2) is 97.2 Å². The molecule has 342 valence electrons. The number of esters is 1. The van der Waals surface area contributed by atoms with Crippen LogP contribution in [0.1, 0.15) is 155 Å². The van der Waals surface area contributed by atoms with Crippen LogP contribution in [0, 0.1) is 0 Å². The topological polar surface area (TPSA) is 135 Å². The van der Waals surface area contributed by atoms with Crippen molar-refractivity contribution in [1.29, 1.82) is 0 Å². The van der Waals surface area contributed by atoms with Gasteiger partial charge in [-0.05, 0) is 77.0 Å². The fourth-order valence-electron chi connectivity index (χ4n) is 6.44. The summed E-state index contributed by atoms with van der Waals surface area (Å²) in [5, 5.41) is 40.1. The second-order valence-corrected chi connectivity index (χ2v) is 15.4. The number of rotatable bonds is 38. The molecule has 0 amide bonds. The van der Waals surface area contributed by atoms with Gasteiger partial charge in [0.2, 0.25) is 0 Å². The molecule has 9 heteroatoms. The first kappa shape index (κ1) is 55.1. The number of aliphatic hydroxyl groups excluding tert-OH is 4. The van der Waals surface area contributed by atoms with Crippen LogP contribution in [-0.2, 0) is 23.7 Å². The van der Waals surface area contributed by atoms with Gasteiger partial charge in [0.25, 0.3) is 0 Å². The van der Waals surface area contributed by atoms with E-state index in [1.54, 1.807) is 0 Å². The average Bonchev–Trinajstić information content (AvgIpc) is 3.25. The van der Waals surface area contributed by atoms with Gasteiger partial charge in [0.05, 0.1) is 19.8 Å². The SMILES string of the molecule is CC/C=C\C/C=C\C/C=C\C/C=C\CCCCCCCCCCCCCOCC(COC1OC(CO)C(O)C(O)C1O)OC(=O)CC/C=C\C/C=C\C/C=C\C/C=C\CC. The Morgan fingerprint density at radius 2 is 0.967 bits per heavy atom. The lowest BCUT2D eigenvalue weighted by molar-refractivity contribution is -0.305. The number of carbonyl (C=O) groups is 1. The zero-order chi connectivity index (χ0) is 43.6. The predicted molar refractivity (Wildman–Crippen MR) is 246 cm³/mol. The molecule has 1 rings (SSSR count). The smallest absolute Gasteiger partial charge is 0.306 e. The van der Waals surface area contributed by atoms with Gasteiger partial charge in [-0.15, -0.1) is 0 Å². The number of hydrogen-bond donors (Lipinski definition) is 4. The fraction of sp³-hybridized carbons (Fsp3) is 0.667. The highest BCUT2D eigenvalue weighted by Gasteiger charge is 2.44. The lowest BCUT2D eigenvalue weighted by Gasteiger charge is -2.39. The molecule has 0 radical (unpaired) electrons. The van der Waals surface area contributed by atoms with E-state index < -0.39 is 49.4 Å². The van der Waals surface area contributed by atoms with Crippen LogP contribution in [0.4, 0.5) is 0 Å². The first-order chi connectivity index (χ1) is 29.4. The van der Waals surface area contributed by atoms with Crippen molar-refractivity contribution < 1.29 is 44.2 Å². The van der Waals surface area contributed by atoms with Gasteiger partial charge in [-0.3, -0.25) is 4.79 Å². The number of allylic oxidation sites excluding steroid dienone is 16. The largest absolute Gasteiger partial charge is 0.457 e. The van der Waals surface area contributed by atoms with E-state index in [9.17, 15) is 25.2 Å². The molecule has 60 heavy (non-hydrogen) atoms. The quantitative estimate of drug-likeness (QED) is 0.0272. The van der Waals surface area contributed by atoms with Crippen molar-refractivity contribution in [1.82, 2.24) is 0 Å². The Labute approximate surface area is 364 Å². The molecule has 0 aliphatic carbocycles. The first-order valence-corrected chi connectivity index (χ1v) is 23.3. The molecule has 1 heterocycles. The number of ether oxygens (including phenoxy) is 4. The minimum atomic E-state index is -1.55. The molecule has 1 saturated heterocycles. The molecule has 4 N–H and O–H groups in total. The summed E-state index contributed by atoms with van der Waals surface area (Å²) < 4.78 is 22.7. The second kappa shape index (κ2) is 41.5. The molecule has 0 saturated carbocycles. The number of hydrogen-bond acceptors (Lipinski definition) is 9. The van der Waals surface area contributed by atoms with Gasteiger partial charge in [-0.1, -0.05) is 169 Å². The van der Waals surface area contributed by atoms with Crippen molar-refractivity contribution in [2.24, 2.45) is 0 Å². The van der Waals surface area contributed by atoms with E-state index in [1.165, 1.54) is 57.8 Å². The van der Waals surface area contributed by atoms with Crippen LogP contribution >= 0.6 is 0 Å². The summed E-state index contributed by atoms with van der Waals surface area (Å²) in [6.07, 6.45) is 50.3. The maximum atomic E-state index is 12.7. The third-order valence-electron chi connectivity index (χ3n) is 10.0. The molecule has 0 aromatic heterocycles. The minimum Gasteiger partial charge on any atom is -0.457 e. The standard InChI is InChI=1S/C51H84O9/c1-3-5-7-9-11-13-15-17-18-19-20-21-22-23-24-25-26-27-29-31-33-35-37-39-41-57-43-45(44-58-51-50(56)49(55)48(54)46(42-52)60-51)59-47(53)40-38-36-34-32-30-28-16-14-12-10-8-6-4-2/h5-8,11-14,17-18,20-21,28,30,34,36,45-46,48-52,54-56H,3-4,9-10,15-16,19,22-27,29,31-33,35,37-44H2,1-2H3/b7-5-,8-6-,13-11-,14-12-,18-17-,21-20-,30-28-,36-34-. The molecule has 0 aromatic carbocycles. The molecular formula is C51H84O9. The van der Waals surface area contributed by atoms with Crippen LogP contribution in [0.3, 0.4) is 0 Å². The zero-order valence-electron chi connectivity index (χ0n) is 37.4. The Hall–Kier alpha value is -2.89. The zero-order valence-corrected chi connectivity index (χ0v) is 37.4. The summed E-state index contributed by atoms with van der Waals surface area (Å²) >= 11 is 0. The summed E-state index contributed by atoms with van der Waals surface area (Å²) in [5.74, 6) is -0.398. The highest BCUT2D eigenvalue weighted by atomic mass is 16.7. The van der Waals surface area contributed by atoms with Crippen molar-refractivity contribution in [3.63, 3.8) is 0 Å². The number of aliphatic hydroxyl groups is 4. The molecule has 0 aromatic rings. The molecule has 9 nitrogen and oxygen atoms in total. The number of unbranched alkanes of at least 4 members (excludes halogenated alkanes) is 11. The van der Waals surface area contributed by atoms with Gasteiger partial charge in [0, 0.05) is 13.0 Å². The van der Waals surface area contributed by atoms with E-state index in [0.29, 0.717) is 13.0 Å². The van der Waals surface area contributed by atoms with Gasteiger partial charge < -0.3 is 39.4 Å². The van der Waals surface area contributed by atoms with Crippen LogP contribution in [0.25, 0.3) is 0 Å². The van der Waals surface area contributed by atoms with Gasteiger partial charge in [0.1, 0.15) is 30.5 Å². The van der Waals surface area contributed by atoms with Gasteiger partial charge in [-0.2, -0.15) is 0 Å². The van der Waals surface area contributed by atoms with Crippen LogP contribution in [0.2, 0.25) is 0 Å². The van der Waals surface area contributed by atoms with E-state index in [-0.39, 0.29) is 19.6 Å². The van der Waals surface area contributed by atoms with Crippen molar-refractivity contribution >= 4 is 5.97 Å². The second-order valence-electron chi connectivity index (χ2n) is 15.4. The van der Waals surface area contributed by atoms with E-state index in [0.717, 1.165) is 70.6 Å². The molecule has 6 atom stereocenters. The number of carbonyl (C=O) groups excluding carboxylic acids is 1. The molecular weight excluding hydrogens is 757 g/mol. The fourth-order valence-corrected chi connectivity index (χ4v) is 6.44. The molecule has 0 spiro atoms. The van der Waals surface area contributed by atoms with Gasteiger partial charge in [-0.25, -0.2) is 0 Å². The van der Waals surface area contributed by atoms with Gasteiger partial charge >= 0.3 is 5.97 Å². The van der Waals surface area contributed by atoms with Crippen molar-refractivity contribution in [3.8, 4) is 0 Å². The summed E-state index contributed by atoms with van der Waals surface area (Å²) in [6.45, 7) is 4.21. The molecule has 0 bridgehead atoms. The summed E-state index contributed by atoms with van der Waals surface area (Å²) in [4.78, 5) is 12.7. The van der Waals surface area contributed by atoms with E-state index >= 15 is 0 Å². The normalized spacial score (nSPS) is 20.9. The highest BCUT2D eigenvalue weighted by Crippen LogP contribution is 2.22. The Balaban J connectivity index is 2.24. The Bertz CT molecular complexity index is 1230. The molecule has 1 aliphatic rings. The average molecular weight is 841 g/mol. The third kappa shape index (κ3) is 31.9. The van der Waals surface area contributed by atoms with Crippen LogP contribution in [-0.4, -0.2) is 89.6 Å². The maximum Gasteiger partial charge on any atom is 0.306 e. The Morgan fingerprint density at radius 3 is 1.45 bits per heavy atom. The van der Waals surface area contributed by atoms with Crippen molar-refractivity contribution in [2.75, 3.05) is 26.4 Å². The van der Waals surface area contributed by atoms with Gasteiger partial charge in [0.15, 0.2) is 6.29 Å². The summed E-state index contributed by atoms with van der Waals surface area (Å²) in [7, 11) is 0. The van der Waals surface area contributed by atoms with E-state index in [4.69, 9.17) is 18.9 Å². The van der Waals surface area contributed by atoms with Crippen LogP contribution in [0.5, 0.6) is 0 Å². The minimum absolute atomic E-state index is 0.108. The Morgan fingerprint density at radius 1 is 0.533 bits per heavy atom.